The Morgan fingerprint density at radius 2 is 2.17 bits per heavy atom. The number of aromatic nitrogens is 1. The van der Waals surface area contributed by atoms with Gasteiger partial charge in [0.1, 0.15) is 11.4 Å². The Bertz CT molecular complexity index is 632. The van der Waals surface area contributed by atoms with Crippen LogP contribution in [0.3, 0.4) is 0 Å². The third-order valence-corrected chi connectivity index (χ3v) is 3.27. The summed E-state index contributed by atoms with van der Waals surface area (Å²) in [6.45, 7) is 6.52. The summed E-state index contributed by atoms with van der Waals surface area (Å²) in [5, 5.41) is 3.16. The van der Waals surface area contributed by atoms with Crippen LogP contribution in [0.5, 0.6) is 0 Å². The van der Waals surface area contributed by atoms with Gasteiger partial charge in [-0.1, -0.05) is 0 Å². The molecule has 0 aromatic carbocycles. The molecule has 23 heavy (non-hydrogen) atoms. The molecule has 1 amide bonds. The van der Waals surface area contributed by atoms with Gasteiger partial charge in [-0.05, 0) is 38.5 Å². The van der Waals surface area contributed by atoms with Gasteiger partial charge >= 0.3 is 5.97 Å². The van der Waals surface area contributed by atoms with Gasteiger partial charge in [0.15, 0.2) is 0 Å². The summed E-state index contributed by atoms with van der Waals surface area (Å²) in [6, 6.07) is 1.92. The van der Waals surface area contributed by atoms with Gasteiger partial charge < -0.3 is 15.0 Å². The maximum absolute atomic E-state index is 11.8. The smallest absolute Gasteiger partial charge is 0.331 e. The SMILES string of the molecule is CN1Cc2cc(C=CC(=O)OC(C)(C)C)cnc2NCCC1=O. The van der Waals surface area contributed by atoms with Gasteiger partial charge in [0.25, 0.3) is 0 Å². The number of anilines is 1. The third kappa shape index (κ3) is 5.09. The lowest BCUT2D eigenvalue weighted by atomic mass is 10.1. The second-order valence-corrected chi connectivity index (χ2v) is 6.57. The Morgan fingerprint density at radius 1 is 1.43 bits per heavy atom. The first-order chi connectivity index (χ1) is 10.7. The quantitative estimate of drug-likeness (QED) is 0.669. The van der Waals surface area contributed by atoms with E-state index in [9.17, 15) is 9.59 Å². The molecule has 0 radical (unpaired) electrons. The first kappa shape index (κ1) is 17.0. The molecule has 1 aromatic rings. The molecule has 1 aromatic heterocycles. The number of carbonyl (C=O) groups is 2. The fourth-order valence-corrected chi connectivity index (χ4v) is 2.22. The number of ether oxygens (including phenoxy) is 1. The molecule has 0 saturated heterocycles. The summed E-state index contributed by atoms with van der Waals surface area (Å²) in [5.41, 5.74) is 1.20. The predicted octanol–water partition coefficient (Wildman–Crippen LogP) is 2.21. The van der Waals surface area contributed by atoms with Crippen molar-refractivity contribution in [3.05, 3.63) is 29.5 Å². The number of carbonyl (C=O) groups excluding carboxylic acids is 2. The van der Waals surface area contributed by atoms with E-state index >= 15 is 0 Å². The normalized spacial score (nSPS) is 15.7. The lowest BCUT2D eigenvalue weighted by Gasteiger charge is -2.23. The van der Waals surface area contributed by atoms with Crippen LogP contribution >= 0.6 is 0 Å². The average Bonchev–Trinajstić information content (AvgIpc) is 2.43. The Balaban J connectivity index is 2.15. The zero-order chi connectivity index (χ0) is 17.0. The molecule has 0 atom stereocenters. The molecule has 1 aliphatic heterocycles. The van der Waals surface area contributed by atoms with Crippen LogP contribution in [0.4, 0.5) is 5.82 Å². The molecule has 2 rings (SSSR count). The van der Waals surface area contributed by atoms with Gasteiger partial charge in [-0.2, -0.15) is 0 Å². The minimum absolute atomic E-state index is 0.0952. The van der Waals surface area contributed by atoms with Crippen LogP contribution < -0.4 is 5.32 Å². The molecule has 0 bridgehead atoms. The summed E-state index contributed by atoms with van der Waals surface area (Å²) < 4.78 is 5.23. The zero-order valence-corrected chi connectivity index (χ0v) is 14.0. The molecule has 6 nitrogen and oxygen atoms in total. The largest absolute Gasteiger partial charge is 0.457 e. The molecule has 1 N–H and O–H groups in total. The van der Waals surface area contributed by atoms with Crippen LogP contribution in [-0.4, -0.2) is 41.0 Å². The van der Waals surface area contributed by atoms with Crippen molar-refractivity contribution in [3.63, 3.8) is 0 Å². The molecule has 0 unspecified atom stereocenters. The molecule has 0 saturated carbocycles. The summed E-state index contributed by atoms with van der Waals surface area (Å²) in [5.74, 6) is 0.478. The summed E-state index contributed by atoms with van der Waals surface area (Å²) in [6.07, 6.45) is 5.20. The number of amides is 1. The topological polar surface area (TPSA) is 71.5 Å². The highest BCUT2D eigenvalue weighted by molar-refractivity contribution is 5.87. The number of nitrogens with zero attached hydrogens (tertiary/aromatic N) is 2. The number of fused-ring (bicyclic) bond motifs is 1. The summed E-state index contributed by atoms with van der Waals surface area (Å²) in [7, 11) is 1.78. The Labute approximate surface area is 136 Å². The van der Waals surface area contributed by atoms with Crippen LogP contribution in [0.15, 0.2) is 18.3 Å². The number of hydrogen-bond donors (Lipinski definition) is 1. The molecular formula is C17H23N3O3. The lowest BCUT2D eigenvalue weighted by molar-refractivity contribution is -0.148. The number of esters is 1. The molecule has 2 heterocycles. The van der Waals surface area contributed by atoms with Crippen molar-refractivity contribution >= 4 is 23.8 Å². The second-order valence-electron chi connectivity index (χ2n) is 6.57. The van der Waals surface area contributed by atoms with Crippen LogP contribution in [-0.2, 0) is 20.9 Å². The molecule has 0 aliphatic carbocycles. The third-order valence-electron chi connectivity index (χ3n) is 3.27. The van der Waals surface area contributed by atoms with E-state index in [0.717, 1.165) is 16.9 Å². The highest BCUT2D eigenvalue weighted by Crippen LogP contribution is 2.19. The fourth-order valence-electron chi connectivity index (χ4n) is 2.22. The van der Waals surface area contributed by atoms with E-state index in [1.807, 2.05) is 26.8 Å². The maximum atomic E-state index is 11.8. The molecular weight excluding hydrogens is 294 g/mol. The van der Waals surface area contributed by atoms with Gasteiger partial charge in [-0.15, -0.1) is 0 Å². The van der Waals surface area contributed by atoms with Crippen molar-refractivity contribution in [1.29, 1.82) is 0 Å². The van der Waals surface area contributed by atoms with E-state index in [-0.39, 0.29) is 5.91 Å². The van der Waals surface area contributed by atoms with E-state index in [1.54, 1.807) is 24.2 Å². The monoisotopic (exact) mass is 317 g/mol. The van der Waals surface area contributed by atoms with Crippen molar-refractivity contribution in [1.82, 2.24) is 9.88 Å². The van der Waals surface area contributed by atoms with Gasteiger partial charge in [0.2, 0.25) is 5.91 Å². The van der Waals surface area contributed by atoms with Crippen molar-refractivity contribution in [2.75, 3.05) is 18.9 Å². The predicted molar refractivity (Wildman–Crippen MR) is 88.7 cm³/mol. The van der Waals surface area contributed by atoms with Crippen molar-refractivity contribution in [3.8, 4) is 0 Å². The summed E-state index contributed by atoms with van der Waals surface area (Å²) in [4.78, 5) is 29.6. The van der Waals surface area contributed by atoms with E-state index in [1.165, 1.54) is 6.08 Å². The zero-order valence-electron chi connectivity index (χ0n) is 14.0. The first-order valence-electron chi connectivity index (χ1n) is 7.62. The van der Waals surface area contributed by atoms with Gasteiger partial charge in [-0.3, -0.25) is 4.79 Å². The average molecular weight is 317 g/mol. The standard InChI is InChI=1S/C17H23N3O3/c1-17(2,3)23-15(22)6-5-12-9-13-11-20(4)14(21)7-8-18-16(13)19-10-12/h5-6,9-10H,7-8,11H2,1-4H3,(H,18,19). The number of pyridine rings is 1. The molecule has 0 spiro atoms. The minimum Gasteiger partial charge on any atom is -0.457 e. The van der Waals surface area contributed by atoms with Gasteiger partial charge in [0, 0.05) is 44.4 Å². The van der Waals surface area contributed by atoms with E-state index in [0.29, 0.717) is 19.5 Å². The Hall–Kier alpha value is -2.37. The van der Waals surface area contributed by atoms with Crippen molar-refractivity contribution in [2.45, 2.75) is 39.3 Å². The Morgan fingerprint density at radius 3 is 2.87 bits per heavy atom. The van der Waals surface area contributed by atoms with Crippen LogP contribution in [0.1, 0.15) is 38.3 Å². The molecule has 124 valence electrons. The van der Waals surface area contributed by atoms with E-state index in [2.05, 4.69) is 10.3 Å². The fraction of sp³-hybridized carbons (Fsp3) is 0.471. The number of hydrogen-bond acceptors (Lipinski definition) is 5. The van der Waals surface area contributed by atoms with Crippen molar-refractivity contribution < 1.29 is 14.3 Å². The van der Waals surface area contributed by atoms with E-state index in [4.69, 9.17) is 4.74 Å². The second kappa shape index (κ2) is 6.81. The minimum atomic E-state index is -0.515. The van der Waals surface area contributed by atoms with Crippen molar-refractivity contribution in [2.24, 2.45) is 0 Å². The van der Waals surface area contributed by atoms with Gasteiger partial charge in [0.05, 0.1) is 0 Å². The number of rotatable bonds is 2. The van der Waals surface area contributed by atoms with Crippen LogP contribution in [0, 0.1) is 0 Å². The summed E-state index contributed by atoms with van der Waals surface area (Å²) >= 11 is 0. The van der Waals surface area contributed by atoms with E-state index < -0.39 is 11.6 Å². The first-order valence-corrected chi connectivity index (χ1v) is 7.62. The molecule has 1 aliphatic rings. The maximum Gasteiger partial charge on any atom is 0.331 e. The van der Waals surface area contributed by atoms with Gasteiger partial charge in [-0.25, -0.2) is 9.78 Å². The molecule has 6 heteroatoms. The highest BCUT2D eigenvalue weighted by Gasteiger charge is 2.16. The number of nitrogens with one attached hydrogen (secondary N) is 1. The van der Waals surface area contributed by atoms with Crippen LogP contribution in [0.25, 0.3) is 6.08 Å². The molecule has 0 fully saturated rings. The Kier molecular flexibility index (Phi) is 5.03. The van der Waals surface area contributed by atoms with Crippen LogP contribution in [0.2, 0.25) is 0 Å². The highest BCUT2D eigenvalue weighted by atomic mass is 16.6. The lowest BCUT2D eigenvalue weighted by Crippen LogP contribution is -2.30.